The quantitative estimate of drug-likeness (QED) is 0.776. The summed E-state index contributed by atoms with van der Waals surface area (Å²) in [6, 6.07) is 7.02. The number of H-pyrrole nitrogens is 1. The van der Waals surface area contributed by atoms with Gasteiger partial charge in [-0.25, -0.2) is 14.5 Å². The summed E-state index contributed by atoms with van der Waals surface area (Å²) in [6.07, 6.45) is 0. The van der Waals surface area contributed by atoms with Gasteiger partial charge in [-0.3, -0.25) is 4.79 Å². The zero-order chi connectivity index (χ0) is 14.5. The van der Waals surface area contributed by atoms with Crippen LogP contribution in [0.2, 0.25) is 0 Å². The number of para-hydroxylation sites is 2. The van der Waals surface area contributed by atoms with Crippen molar-refractivity contribution in [1.82, 2.24) is 14.8 Å². The van der Waals surface area contributed by atoms with Crippen molar-refractivity contribution in [3.63, 3.8) is 0 Å². The highest BCUT2D eigenvalue weighted by Gasteiger charge is 2.15. The molecule has 1 aromatic carbocycles. The van der Waals surface area contributed by atoms with Crippen LogP contribution in [0.4, 0.5) is 0 Å². The zero-order valence-corrected chi connectivity index (χ0v) is 11.5. The topological polar surface area (TPSA) is 97.2 Å². The molecule has 20 heavy (non-hydrogen) atoms. The van der Waals surface area contributed by atoms with E-state index < -0.39 is 11.7 Å². The minimum atomic E-state index is -0.977. The average Bonchev–Trinajstić information content (AvgIpc) is 2.79. The van der Waals surface area contributed by atoms with Gasteiger partial charge in [0, 0.05) is 0 Å². The van der Waals surface area contributed by atoms with Crippen molar-refractivity contribution >= 4 is 17.7 Å². The highest BCUT2D eigenvalue weighted by Crippen LogP contribution is 2.25. The fourth-order valence-corrected chi connectivity index (χ4v) is 2.31. The summed E-state index contributed by atoms with van der Waals surface area (Å²) in [5.41, 5.74) is 0.0889. The summed E-state index contributed by atoms with van der Waals surface area (Å²) in [4.78, 5) is 22.5. The van der Waals surface area contributed by atoms with Crippen LogP contribution in [0.1, 0.15) is 6.92 Å². The van der Waals surface area contributed by atoms with Crippen molar-refractivity contribution in [3.8, 4) is 11.4 Å². The number of benzene rings is 1. The number of hydrogen-bond acceptors (Lipinski definition) is 5. The molecule has 2 N–H and O–H groups in total. The van der Waals surface area contributed by atoms with Crippen LogP contribution >= 0.6 is 11.8 Å². The van der Waals surface area contributed by atoms with E-state index in [1.54, 1.807) is 24.3 Å². The molecule has 0 aliphatic rings. The van der Waals surface area contributed by atoms with E-state index in [0.717, 1.165) is 11.8 Å². The van der Waals surface area contributed by atoms with Crippen LogP contribution in [-0.4, -0.2) is 38.2 Å². The van der Waals surface area contributed by atoms with Gasteiger partial charge in [0.25, 0.3) is 0 Å². The van der Waals surface area contributed by atoms with E-state index in [1.807, 2.05) is 6.92 Å². The van der Waals surface area contributed by atoms with E-state index >= 15 is 0 Å². The standard InChI is InChI=1S/C12H13N3O4S/c1-2-19-9-6-4-3-5-8(9)15-11(18)13-14-12(15)20-7-10(16)17/h3-6H,2,7H2,1H3,(H,13,18)(H,16,17). The Morgan fingerprint density at radius 3 is 2.95 bits per heavy atom. The molecule has 0 fully saturated rings. The number of aromatic amines is 1. The maximum Gasteiger partial charge on any atom is 0.348 e. The van der Waals surface area contributed by atoms with Gasteiger partial charge in [-0.1, -0.05) is 23.9 Å². The highest BCUT2D eigenvalue weighted by atomic mass is 32.2. The second-order valence-electron chi connectivity index (χ2n) is 3.73. The molecule has 0 bridgehead atoms. The second-order valence-corrected chi connectivity index (χ2v) is 4.67. The highest BCUT2D eigenvalue weighted by molar-refractivity contribution is 7.99. The molecule has 0 atom stereocenters. The van der Waals surface area contributed by atoms with Crippen molar-refractivity contribution in [2.24, 2.45) is 0 Å². The Kier molecular flexibility index (Phi) is 4.46. The van der Waals surface area contributed by atoms with E-state index in [1.165, 1.54) is 4.57 Å². The third-order valence-electron chi connectivity index (χ3n) is 2.37. The van der Waals surface area contributed by atoms with Gasteiger partial charge in [-0.2, -0.15) is 0 Å². The number of aliphatic carboxylic acids is 1. The van der Waals surface area contributed by atoms with Gasteiger partial charge in [-0.15, -0.1) is 5.10 Å². The van der Waals surface area contributed by atoms with Crippen molar-refractivity contribution in [3.05, 3.63) is 34.7 Å². The first-order valence-electron chi connectivity index (χ1n) is 5.87. The Labute approximate surface area is 118 Å². The molecule has 0 aliphatic carbocycles. The number of carbonyl (C=O) groups is 1. The molecule has 0 radical (unpaired) electrons. The largest absolute Gasteiger partial charge is 0.492 e. The molecule has 2 aromatic rings. The molecule has 0 amide bonds. The van der Waals surface area contributed by atoms with E-state index in [-0.39, 0.29) is 10.9 Å². The van der Waals surface area contributed by atoms with Crippen LogP contribution in [0.25, 0.3) is 5.69 Å². The molecule has 2 rings (SSSR count). The van der Waals surface area contributed by atoms with Gasteiger partial charge in [-0.05, 0) is 19.1 Å². The molecule has 0 saturated heterocycles. The third kappa shape index (κ3) is 3.02. The van der Waals surface area contributed by atoms with Crippen molar-refractivity contribution < 1.29 is 14.6 Å². The van der Waals surface area contributed by atoms with Gasteiger partial charge in [0.2, 0.25) is 0 Å². The van der Waals surface area contributed by atoms with E-state index in [4.69, 9.17) is 9.84 Å². The molecule has 0 spiro atoms. The Morgan fingerprint density at radius 2 is 2.25 bits per heavy atom. The zero-order valence-electron chi connectivity index (χ0n) is 10.7. The van der Waals surface area contributed by atoms with Crippen molar-refractivity contribution in [2.75, 3.05) is 12.4 Å². The van der Waals surface area contributed by atoms with Crippen LogP contribution in [0.5, 0.6) is 5.75 Å². The normalized spacial score (nSPS) is 10.4. The fraction of sp³-hybridized carbons (Fsp3) is 0.250. The number of thioether (sulfide) groups is 1. The second kappa shape index (κ2) is 6.29. The number of carboxylic acid groups (broad SMARTS) is 1. The number of rotatable bonds is 6. The Morgan fingerprint density at radius 1 is 1.50 bits per heavy atom. The lowest BCUT2D eigenvalue weighted by Crippen LogP contribution is -2.17. The van der Waals surface area contributed by atoms with Gasteiger partial charge in [0.1, 0.15) is 5.75 Å². The predicted octanol–water partition coefficient (Wildman–Crippen LogP) is 1.14. The number of aromatic nitrogens is 3. The lowest BCUT2D eigenvalue weighted by atomic mass is 10.3. The molecule has 1 aromatic heterocycles. The molecule has 106 valence electrons. The maximum absolute atomic E-state index is 11.9. The van der Waals surface area contributed by atoms with Gasteiger partial charge in [0.15, 0.2) is 5.16 Å². The maximum atomic E-state index is 11.9. The van der Waals surface area contributed by atoms with Crippen LogP contribution in [0.3, 0.4) is 0 Å². The first-order chi connectivity index (χ1) is 9.63. The third-order valence-corrected chi connectivity index (χ3v) is 3.30. The Balaban J connectivity index is 2.44. The Bertz CT molecular complexity index is 665. The smallest absolute Gasteiger partial charge is 0.348 e. The number of hydrogen-bond donors (Lipinski definition) is 2. The van der Waals surface area contributed by atoms with Crippen LogP contribution in [-0.2, 0) is 4.79 Å². The SMILES string of the molecule is CCOc1ccccc1-n1c(SCC(=O)O)n[nH]c1=O. The molecular formula is C12H13N3O4S. The van der Waals surface area contributed by atoms with Gasteiger partial charge in [0.05, 0.1) is 18.0 Å². The minimum Gasteiger partial charge on any atom is -0.492 e. The molecule has 7 nitrogen and oxygen atoms in total. The number of ether oxygens (including phenoxy) is 1. The lowest BCUT2D eigenvalue weighted by Gasteiger charge is -2.10. The first kappa shape index (κ1) is 14.2. The summed E-state index contributed by atoms with van der Waals surface area (Å²) >= 11 is 0.963. The molecule has 0 aliphatic heterocycles. The fourth-order valence-electron chi connectivity index (χ4n) is 1.64. The van der Waals surface area contributed by atoms with E-state index in [0.29, 0.717) is 18.0 Å². The first-order valence-corrected chi connectivity index (χ1v) is 6.86. The van der Waals surface area contributed by atoms with Gasteiger partial charge < -0.3 is 9.84 Å². The minimum absolute atomic E-state index is 0.179. The lowest BCUT2D eigenvalue weighted by molar-refractivity contribution is -0.133. The average molecular weight is 295 g/mol. The number of carboxylic acids is 1. The van der Waals surface area contributed by atoms with Gasteiger partial charge >= 0.3 is 11.7 Å². The summed E-state index contributed by atoms with van der Waals surface area (Å²) in [7, 11) is 0. The molecule has 0 unspecified atom stereocenters. The summed E-state index contributed by atoms with van der Waals surface area (Å²) in [5.74, 6) is -0.619. The number of nitrogens with one attached hydrogen (secondary N) is 1. The summed E-state index contributed by atoms with van der Waals surface area (Å²) in [6.45, 7) is 2.30. The summed E-state index contributed by atoms with van der Waals surface area (Å²) < 4.78 is 6.77. The molecular weight excluding hydrogens is 282 g/mol. The van der Waals surface area contributed by atoms with Crippen LogP contribution in [0, 0.1) is 0 Å². The monoisotopic (exact) mass is 295 g/mol. The molecule has 8 heteroatoms. The molecule has 0 saturated carbocycles. The van der Waals surface area contributed by atoms with Crippen molar-refractivity contribution in [1.29, 1.82) is 0 Å². The Hall–Kier alpha value is -2.22. The van der Waals surface area contributed by atoms with E-state index in [9.17, 15) is 9.59 Å². The predicted molar refractivity (Wildman–Crippen MR) is 73.7 cm³/mol. The molecule has 1 heterocycles. The van der Waals surface area contributed by atoms with Crippen molar-refractivity contribution in [2.45, 2.75) is 12.1 Å². The van der Waals surface area contributed by atoms with Crippen LogP contribution in [0.15, 0.2) is 34.2 Å². The summed E-state index contributed by atoms with van der Waals surface area (Å²) in [5, 5.41) is 15.1. The number of nitrogens with zero attached hydrogens (tertiary/aromatic N) is 2. The van der Waals surface area contributed by atoms with Crippen LogP contribution < -0.4 is 10.4 Å². The van der Waals surface area contributed by atoms with E-state index in [2.05, 4.69) is 10.2 Å².